The number of hydrogen-bond donors (Lipinski definition) is 1. The Kier molecular flexibility index (Phi) is 5.03. The fourth-order valence-corrected chi connectivity index (χ4v) is 2.78. The van der Waals surface area contributed by atoms with Gasteiger partial charge in [-0.2, -0.15) is 0 Å². The van der Waals surface area contributed by atoms with E-state index in [-0.39, 0.29) is 0 Å². The van der Waals surface area contributed by atoms with Gasteiger partial charge in [0.05, 0.1) is 13.2 Å². The summed E-state index contributed by atoms with van der Waals surface area (Å²) in [5.74, 6) is -2.23. The van der Waals surface area contributed by atoms with Crippen LogP contribution < -0.4 is 9.64 Å². The second-order valence-electron chi connectivity index (χ2n) is 5.71. The average Bonchev–Trinajstić information content (AvgIpc) is 2.61. The van der Waals surface area contributed by atoms with E-state index in [2.05, 4.69) is 9.64 Å². The van der Waals surface area contributed by atoms with E-state index >= 15 is 0 Å². The normalized spacial score (nSPS) is 15.0. The molecule has 0 bridgehead atoms. The highest BCUT2D eigenvalue weighted by atomic mass is 19.4. The minimum absolute atomic E-state index is 0.491. The van der Waals surface area contributed by atoms with E-state index in [9.17, 15) is 23.1 Å². The van der Waals surface area contributed by atoms with Crippen LogP contribution in [0.2, 0.25) is 0 Å². The molecule has 0 atom stereocenters. The first kappa shape index (κ1) is 18.1. The van der Waals surface area contributed by atoms with Gasteiger partial charge in [0, 0.05) is 18.8 Å². The summed E-state index contributed by atoms with van der Waals surface area (Å²) in [4.78, 5) is 13.4. The topological polar surface area (TPSA) is 59.0 Å². The number of ether oxygens (including phenoxy) is 2. The highest BCUT2D eigenvalue weighted by Gasteiger charge is 2.33. The van der Waals surface area contributed by atoms with Gasteiger partial charge < -0.3 is 19.5 Å². The third-order valence-electron chi connectivity index (χ3n) is 4.01. The van der Waals surface area contributed by atoms with E-state index in [0.717, 1.165) is 24.8 Å². The number of carboxylic acids is 1. The van der Waals surface area contributed by atoms with Crippen LogP contribution in [-0.4, -0.2) is 43.7 Å². The molecule has 1 aliphatic heterocycles. The average molecular weight is 367 g/mol. The number of carboxylic acid groups (broad SMARTS) is 1. The van der Waals surface area contributed by atoms with Crippen LogP contribution in [0.3, 0.4) is 0 Å². The Hall–Kier alpha value is -2.74. The summed E-state index contributed by atoms with van der Waals surface area (Å²) in [6.45, 7) is 2.88. The minimum atomic E-state index is -4.95. The molecule has 1 fully saturated rings. The lowest BCUT2D eigenvalue weighted by atomic mass is 10.0. The Balaban J connectivity index is 1.86. The van der Waals surface area contributed by atoms with Crippen molar-refractivity contribution in [2.45, 2.75) is 6.36 Å². The van der Waals surface area contributed by atoms with Crippen LogP contribution in [0.1, 0.15) is 10.4 Å². The molecule has 0 spiro atoms. The molecule has 1 heterocycles. The first-order chi connectivity index (χ1) is 12.3. The maximum absolute atomic E-state index is 12.4. The maximum Gasteiger partial charge on any atom is 0.573 e. The van der Waals surface area contributed by atoms with Crippen LogP contribution in [-0.2, 0) is 4.74 Å². The number of alkyl halides is 3. The SMILES string of the molecule is O=C(O)c1cc(-c2ccc(N3CCOCC3)cc2)ccc1OC(F)(F)F. The Labute approximate surface area is 147 Å². The van der Waals surface area contributed by atoms with Crippen molar-refractivity contribution in [3.05, 3.63) is 48.0 Å². The van der Waals surface area contributed by atoms with Crippen molar-refractivity contribution in [3.63, 3.8) is 0 Å². The van der Waals surface area contributed by atoms with Gasteiger partial charge in [0.25, 0.3) is 0 Å². The molecule has 0 amide bonds. The minimum Gasteiger partial charge on any atom is -0.478 e. The van der Waals surface area contributed by atoms with Crippen molar-refractivity contribution in [2.24, 2.45) is 0 Å². The molecule has 1 aliphatic rings. The van der Waals surface area contributed by atoms with Gasteiger partial charge in [0.1, 0.15) is 11.3 Å². The van der Waals surface area contributed by atoms with Crippen LogP contribution in [0.4, 0.5) is 18.9 Å². The summed E-state index contributed by atoms with van der Waals surface area (Å²) in [5, 5.41) is 9.18. The number of hydrogen-bond acceptors (Lipinski definition) is 4. The number of halogens is 3. The quantitative estimate of drug-likeness (QED) is 0.891. The molecule has 0 aliphatic carbocycles. The monoisotopic (exact) mass is 367 g/mol. The number of carbonyl (C=O) groups is 1. The first-order valence-electron chi connectivity index (χ1n) is 7.90. The fraction of sp³-hybridized carbons (Fsp3) is 0.278. The molecule has 26 heavy (non-hydrogen) atoms. The first-order valence-corrected chi connectivity index (χ1v) is 7.90. The maximum atomic E-state index is 12.4. The van der Waals surface area contributed by atoms with Crippen LogP contribution in [0.15, 0.2) is 42.5 Å². The number of benzene rings is 2. The van der Waals surface area contributed by atoms with Crippen molar-refractivity contribution in [2.75, 3.05) is 31.2 Å². The highest BCUT2D eigenvalue weighted by molar-refractivity contribution is 5.92. The molecule has 0 saturated carbocycles. The molecule has 0 radical (unpaired) electrons. The van der Waals surface area contributed by atoms with E-state index in [1.165, 1.54) is 12.1 Å². The van der Waals surface area contributed by atoms with Gasteiger partial charge in [-0.3, -0.25) is 0 Å². The van der Waals surface area contributed by atoms with Crippen molar-refractivity contribution in [1.29, 1.82) is 0 Å². The Morgan fingerprint density at radius 2 is 1.65 bits per heavy atom. The third kappa shape index (κ3) is 4.26. The molecule has 2 aromatic rings. The van der Waals surface area contributed by atoms with Gasteiger partial charge in [0.2, 0.25) is 0 Å². The second kappa shape index (κ2) is 7.25. The van der Waals surface area contributed by atoms with E-state index in [1.807, 2.05) is 12.1 Å². The largest absolute Gasteiger partial charge is 0.573 e. The lowest BCUT2D eigenvalue weighted by molar-refractivity contribution is -0.274. The van der Waals surface area contributed by atoms with E-state index < -0.39 is 23.6 Å². The van der Waals surface area contributed by atoms with Crippen LogP contribution in [0.25, 0.3) is 11.1 Å². The second-order valence-corrected chi connectivity index (χ2v) is 5.71. The number of aromatic carboxylic acids is 1. The predicted octanol–water partition coefficient (Wildman–Crippen LogP) is 3.79. The molecule has 3 rings (SSSR count). The summed E-state index contributed by atoms with van der Waals surface area (Å²) >= 11 is 0. The smallest absolute Gasteiger partial charge is 0.478 e. The molecule has 8 heteroatoms. The molecule has 138 valence electrons. The van der Waals surface area contributed by atoms with Gasteiger partial charge in [-0.15, -0.1) is 13.2 Å². The highest BCUT2D eigenvalue weighted by Crippen LogP contribution is 2.31. The van der Waals surface area contributed by atoms with Crippen LogP contribution in [0, 0.1) is 0 Å². The van der Waals surface area contributed by atoms with E-state index in [0.29, 0.717) is 24.3 Å². The van der Waals surface area contributed by atoms with Gasteiger partial charge in [-0.1, -0.05) is 18.2 Å². The number of rotatable bonds is 4. The number of anilines is 1. The summed E-state index contributed by atoms with van der Waals surface area (Å²) in [7, 11) is 0. The molecule has 2 aromatic carbocycles. The van der Waals surface area contributed by atoms with E-state index in [4.69, 9.17) is 4.74 Å². The molecule has 0 unspecified atom stereocenters. The van der Waals surface area contributed by atoms with Gasteiger partial charge in [0.15, 0.2) is 0 Å². The summed E-state index contributed by atoms with van der Waals surface area (Å²) in [6, 6.07) is 11.0. The zero-order valence-corrected chi connectivity index (χ0v) is 13.6. The summed E-state index contributed by atoms with van der Waals surface area (Å²) < 4.78 is 46.3. The summed E-state index contributed by atoms with van der Waals surface area (Å²) in [5.41, 5.74) is 1.65. The standard InChI is InChI=1S/C18H16F3NO4/c19-18(20,21)26-16-6-3-13(11-15(16)17(23)24)12-1-4-14(5-2-12)22-7-9-25-10-8-22/h1-6,11H,7-10H2,(H,23,24). The third-order valence-corrected chi connectivity index (χ3v) is 4.01. The van der Waals surface area contributed by atoms with Crippen molar-refractivity contribution in [1.82, 2.24) is 0 Å². The molecule has 0 aromatic heterocycles. The zero-order chi connectivity index (χ0) is 18.7. The predicted molar refractivity (Wildman–Crippen MR) is 88.6 cm³/mol. The van der Waals surface area contributed by atoms with E-state index in [1.54, 1.807) is 12.1 Å². The molecule has 1 saturated heterocycles. The molecular weight excluding hydrogens is 351 g/mol. The van der Waals surface area contributed by atoms with Crippen molar-refractivity contribution in [3.8, 4) is 16.9 Å². The Morgan fingerprint density at radius 3 is 2.23 bits per heavy atom. The lowest BCUT2D eigenvalue weighted by Crippen LogP contribution is -2.36. The number of nitrogens with zero attached hydrogens (tertiary/aromatic N) is 1. The Morgan fingerprint density at radius 1 is 1.04 bits per heavy atom. The van der Waals surface area contributed by atoms with Crippen molar-refractivity contribution >= 4 is 11.7 Å². The molecule has 5 nitrogen and oxygen atoms in total. The molecular formula is C18H16F3NO4. The Bertz CT molecular complexity index is 784. The van der Waals surface area contributed by atoms with Gasteiger partial charge in [-0.25, -0.2) is 4.79 Å². The lowest BCUT2D eigenvalue weighted by Gasteiger charge is -2.28. The van der Waals surface area contributed by atoms with Gasteiger partial charge >= 0.3 is 12.3 Å². The van der Waals surface area contributed by atoms with Gasteiger partial charge in [-0.05, 0) is 35.4 Å². The van der Waals surface area contributed by atoms with Crippen LogP contribution >= 0.6 is 0 Å². The summed E-state index contributed by atoms with van der Waals surface area (Å²) in [6.07, 6.45) is -4.95. The zero-order valence-electron chi connectivity index (χ0n) is 13.6. The fourth-order valence-electron chi connectivity index (χ4n) is 2.78. The number of morpholine rings is 1. The van der Waals surface area contributed by atoms with Crippen molar-refractivity contribution < 1.29 is 32.5 Å². The molecule has 1 N–H and O–H groups in total. The van der Waals surface area contributed by atoms with Crippen LogP contribution in [0.5, 0.6) is 5.75 Å².